The molecule has 58 valence electrons. The molecule has 0 saturated heterocycles. The van der Waals surface area contributed by atoms with Gasteiger partial charge in [0.05, 0.1) is 17.2 Å². The SMILES string of the molecule is Bc1cc(OC)cc(Cl)c1Cl. The second-order valence-electron chi connectivity index (χ2n) is 2.24. The van der Waals surface area contributed by atoms with Crippen LogP contribution in [0.2, 0.25) is 10.0 Å². The van der Waals surface area contributed by atoms with Crippen LogP contribution in [-0.4, -0.2) is 15.0 Å². The highest BCUT2D eigenvalue weighted by molar-refractivity contribution is 6.50. The molecule has 1 nitrogen and oxygen atoms in total. The van der Waals surface area contributed by atoms with Crippen molar-refractivity contribution in [3.63, 3.8) is 0 Å². The topological polar surface area (TPSA) is 9.23 Å². The number of hydrogen-bond donors (Lipinski definition) is 0. The highest BCUT2D eigenvalue weighted by Crippen LogP contribution is 2.23. The van der Waals surface area contributed by atoms with Gasteiger partial charge in [-0.1, -0.05) is 28.7 Å². The summed E-state index contributed by atoms with van der Waals surface area (Å²) in [5.74, 6) is 0.733. The average Bonchev–Trinajstić information content (AvgIpc) is 1.99. The largest absolute Gasteiger partial charge is 0.497 e. The smallest absolute Gasteiger partial charge is 0.141 e. The number of ether oxygens (including phenoxy) is 1. The summed E-state index contributed by atoms with van der Waals surface area (Å²) in [5.41, 5.74) is 0.927. The Morgan fingerprint density at radius 1 is 1.36 bits per heavy atom. The van der Waals surface area contributed by atoms with Crippen LogP contribution < -0.4 is 10.2 Å². The van der Waals surface area contributed by atoms with Gasteiger partial charge in [-0.25, -0.2) is 0 Å². The van der Waals surface area contributed by atoms with Crippen LogP contribution in [0.3, 0.4) is 0 Å². The van der Waals surface area contributed by atoms with E-state index in [0.29, 0.717) is 10.0 Å². The van der Waals surface area contributed by atoms with Crippen LogP contribution in [0.5, 0.6) is 5.75 Å². The molecule has 0 bridgehead atoms. The predicted molar refractivity (Wildman–Crippen MR) is 51.2 cm³/mol. The van der Waals surface area contributed by atoms with Crippen molar-refractivity contribution in [1.82, 2.24) is 0 Å². The third-order valence-electron chi connectivity index (χ3n) is 1.42. The molecule has 1 rings (SSSR count). The molecule has 0 amide bonds. The van der Waals surface area contributed by atoms with Crippen LogP contribution in [0.25, 0.3) is 0 Å². The Hall–Kier alpha value is -0.335. The molecule has 0 unspecified atom stereocenters. The van der Waals surface area contributed by atoms with Crippen molar-refractivity contribution in [2.75, 3.05) is 7.11 Å². The van der Waals surface area contributed by atoms with Gasteiger partial charge in [0.2, 0.25) is 0 Å². The van der Waals surface area contributed by atoms with Crippen LogP contribution >= 0.6 is 23.2 Å². The summed E-state index contributed by atoms with van der Waals surface area (Å²) in [5, 5.41) is 1.12. The Labute approximate surface area is 76.7 Å². The molecular formula is C7H7BCl2O. The lowest BCUT2D eigenvalue weighted by Crippen LogP contribution is -2.04. The van der Waals surface area contributed by atoms with Crippen LogP contribution in [0.15, 0.2) is 12.1 Å². The molecule has 0 aliphatic rings. The molecule has 0 aliphatic heterocycles. The Balaban J connectivity index is 3.21. The third-order valence-corrected chi connectivity index (χ3v) is 2.32. The summed E-state index contributed by atoms with van der Waals surface area (Å²) in [4.78, 5) is 0. The number of benzene rings is 1. The molecule has 1 aromatic carbocycles. The van der Waals surface area contributed by atoms with Gasteiger partial charge in [-0.3, -0.25) is 0 Å². The Bertz CT molecular complexity index is 252. The minimum absolute atomic E-state index is 0.531. The molecule has 4 heteroatoms. The molecular weight excluding hydrogens is 182 g/mol. The summed E-state index contributed by atoms with van der Waals surface area (Å²) < 4.78 is 4.99. The van der Waals surface area contributed by atoms with Crippen molar-refractivity contribution in [2.45, 2.75) is 0 Å². The maximum absolute atomic E-state index is 5.82. The Morgan fingerprint density at radius 2 is 2.00 bits per heavy atom. The van der Waals surface area contributed by atoms with E-state index in [-0.39, 0.29) is 0 Å². The van der Waals surface area contributed by atoms with Crippen LogP contribution in [0, 0.1) is 0 Å². The van der Waals surface area contributed by atoms with Crippen molar-refractivity contribution in [2.24, 2.45) is 0 Å². The highest BCUT2D eigenvalue weighted by atomic mass is 35.5. The Kier molecular flexibility index (Phi) is 2.69. The monoisotopic (exact) mass is 188 g/mol. The van der Waals surface area contributed by atoms with E-state index in [9.17, 15) is 0 Å². The van der Waals surface area contributed by atoms with Crippen LogP contribution in [0.4, 0.5) is 0 Å². The van der Waals surface area contributed by atoms with Crippen molar-refractivity contribution in [3.8, 4) is 5.75 Å². The fourth-order valence-corrected chi connectivity index (χ4v) is 1.18. The van der Waals surface area contributed by atoms with Gasteiger partial charge in [0.1, 0.15) is 13.6 Å². The lowest BCUT2D eigenvalue weighted by Gasteiger charge is -2.04. The molecule has 11 heavy (non-hydrogen) atoms. The van der Waals surface area contributed by atoms with Crippen molar-refractivity contribution < 1.29 is 4.74 Å². The summed E-state index contributed by atoms with van der Waals surface area (Å²) in [6.07, 6.45) is 0. The molecule has 0 aromatic heterocycles. The number of hydrogen-bond acceptors (Lipinski definition) is 1. The number of rotatable bonds is 1. The van der Waals surface area contributed by atoms with Gasteiger partial charge in [0.25, 0.3) is 0 Å². The molecule has 0 atom stereocenters. The summed E-state index contributed by atoms with van der Waals surface area (Å²) in [7, 11) is 3.48. The van der Waals surface area contributed by atoms with Gasteiger partial charge in [-0.15, -0.1) is 0 Å². The molecule has 0 heterocycles. The zero-order chi connectivity index (χ0) is 8.43. The van der Waals surface area contributed by atoms with E-state index in [1.807, 2.05) is 13.9 Å². The van der Waals surface area contributed by atoms with E-state index in [1.165, 1.54) is 0 Å². The van der Waals surface area contributed by atoms with E-state index in [2.05, 4.69) is 0 Å². The van der Waals surface area contributed by atoms with Gasteiger partial charge >= 0.3 is 0 Å². The number of halogens is 2. The summed E-state index contributed by atoms with van der Waals surface area (Å²) in [6.45, 7) is 0. The van der Waals surface area contributed by atoms with E-state index in [0.717, 1.165) is 11.2 Å². The van der Waals surface area contributed by atoms with Crippen molar-refractivity contribution in [3.05, 3.63) is 22.2 Å². The molecule has 1 aromatic rings. The van der Waals surface area contributed by atoms with Gasteiger partial charge in [0, 0.05) is 6.07 Å². The second-order valence-corrected chi connectivity index (χ2v) is 3.03. The summed E-state index contributed by atoms with van der Waals surface area (Å²) in [6, 6.07) is 3.53. The first kappa shape index (κ1) is 8.76. The highest BCUT2D eigenvalue weighted by Gasteiger charge is 2.02. The standard InChI is InChI=1S/C7H7BCl2O/c1-11-4-2-5(8)7(10)6(9)3-4/h2-3H,8H2,1H3. The predicted octanol–water partition coefficient (Wildman–Crippen LogP) is 1.26. The zero-order valence-electron chi connectivity index (χ0n) is 6.32. The van der Waals surface area contributed by atoms with Crippen LogP contribution in [0.1, 0.15) is 0 Å². The maximum Gasteiger partial charge on any atom is 0.141 e. The van der Waals surface area contributed by atoms with E-state index in [1.54, 1.807) is 13.2 Å². The Morgan fingerprint density at radius 3 is 2.45 bits per heavy atom. The van der Waals surface area contributed by atoms with E-state index >= 15 is 0 Å². The van der Waals surface area contributed by atoms with Gasteiger partial charge in [0.15, 0.2) is 0 Å². The molecule has 0 N–H and O–H groups in total. The molecule has 0 radical (unpaired) electrons. The lowest BCUT2D eigenvalue weighted by atomic mass is 9.96. The fourth-order valence-electron chi connectivity index (χ4n) is 0.813. The molecule has 0 fully saturated rings. The van der Waals surface area contributed by atoms with Crippen molar-refractivity contribution >= 4 is 36.5 Å². The quantitative estimate of drug-likeness (QED) is 0.604. The van der Waals surface area contributed by atoms with Gasteiger partial charge in [-0.05, 0) is 6.07 Å². The summed E-state index contributed by atoms with van der Waals surface area (Å²) >= 11 is 11.6. The second kappa shape index (κ2) is 3.37. The fraction of sp³-hybridized carbons (Fsp3) is 0.143. The van der Waals surface area contributed by atoms with E-state index < -0.39 is 0 Å². The van der Waals surface area contributed by atoms with Crippen LogP contribution in [-0.2, 0) is 0 Å². The van der Waals surface area contributed by atoms with Crippen molar-refractivity contribution in [1.29, 1.82) is 0 Å². The minimum Gasteiger partial charge on any atom is -0.497 e. The average molecular weight is 189 g/mol. The first-order valence-electron chi connectivity index (χ1n) is 3.15. The molecule has 0 saturated carbocycles. The molecule has 0 aliphatic carbocycles. The zero-order valence-corrected chi connectivity index (χ0v) is 7.83. The first-order valence-corrected chi connectivity index (χ1v) is 3.90. The van der Waals surface area contributed by atoms with E-state index in [4.69, 9.17) is 27.9 Å². The number of methoxy groups -OCH3 is 1. The third kappa shape index (κ3) is 1.82. The molecule has 0 spiro atoms. The normalized spacial score (nSPS) is 9.73. The first-order chi connectivity index (χ1) is 5.15. The lowest BCUT2D eigenvalue weighted by molar-refractivity contribution is 0.415. The van der Waals surface area contributed by atoms with Gasteiger partial charge < -0.3 is 4.74 Å². The minimum atomic E-state index is 0.531. The maximum atomic E-state index is 5.82. The van der Waals surface area contributed by atoms with Gasteiger partial charge in [-0.2, -0.15) is 0 Å².